The van der Waals surface area contributed by atoms with Gasteiger partial charge in [-0.3, -0.25) is 9.59 Å². The van der Waals surface area contributed by atoms with E-state index in [4.69, 9.17) is 11.6 Å². The fraction of sp³-hybridized carbons (Fsp3) is 0.0870. The number of hydrogen-bond acceptors (Lipinski definition) is 4. The number of hydrogen-bond donors (Lipinski definition) is 3. The zero-order valence-electron chi connectivity index (χ0n) is 16.5. The number of benzene rings is 3. The largest absolute Gasteiger partial charge is 0.478 e. The Balaban J connectivity index is 1.61. The molecule has 3 aromatic rings. The van der Waals surface area contributed by atoms with Gasteiger partial charge in [-0.1, -0.05) is 35.9 Å². The third-order valence-corrected chi connectivity index (χ3v) is 5.72. The van der Waals surface area contributed by atoms with Crippen molar-refractivity contribution in [3.63, 3.8) is 0 Å². The molecule has 0 aliphatic heterocycles. The smallest absolute Gasteiger partial charge is 0.336 e. The second-order valence-corrected chi connectivity index (χ2v) is 8.09. The van der Waals surface area contributed by atoms with Crippen molar-refractivity contribution in [1.29, 1.82) is 0 Å². The number of carbonyl (C=O) groups is 3. The van der Waals surface area contributed by atoms with E-state index in [0.29, 0.717) is 16.4 Å². The SMILES string of the molecule is Cc1ccc(NC(=O)CSc2cccc(NC(=O)c3ccccc3C(=O)O)c2)cc1Cl. The first-order chi connectivity index (χ1) is 14.8. The molecule has 0 spiro atoms. The van der Waals surface area contributed by atoms with Gasteiger partial charge in [0.2, 0.25) is 5.91 Å². The first kappa shape index (κ1) is 22.4. The Bertz CT molecular complexity index is 1150. The lowest BCUT2D eigenvalue weighted by Crippen LogP contribution is -2.16. The third kappa shape index (κ3) is 6.10. The van der Waals surface area contributed by atoms with Gasteiger partial charge in [-0.15, -0.1) is 11.8 Å². The average Bonchev–Trinajstić information content (AvgIpc) is 2.75. The average molecular weight is 455 g/mol. The van der Waals surface area contributed by atoms with E-state index < -0.39 is 11.9 Å². The van der Waals surface area contributed by atoms with Crippen LogP contribution >= 0.6 is 23.4 Å². The van der Waals surface area contributed by atoms with Crippen LogP contribution < -0.4 is 10.6 Å². The summed E-state index contributed by atoms with van der Waals surface area (Å²) in [6, 6.07) is 18.3. The number of carbonyl (C=O) groups excluding carboxylic acids is 2. The molecule has 0 aromatic heterocycles. The van der Waals surface area contributed by atoms with Crippen molar-refractivity contribution in [2.75, 3.05) is 16.4 Å². The maximum atomic E-state index is 12.5. The molecule has 2 amide bonds. The van der Waals surface area contributed by atoms with Crippen LogP contribution in [0.5, 0.6) is 0 Å². The normalized spacial score (nSPS) is 10.4. The van der Waals surface area contributed by atoms with E-state index in [1.807, 2.05) is 19.1 Å². The molecule has 8 heteroatoms. The molecule has 6 nitrogen and oxygen atoms in total. The predicted molar refractivity (Wildman–Crippen MR) is 123 cm³/mol. The van der Waals surface area contributed by atoms with Gasteiger partial charge in [0.25, 0.3) is 5.91 Å². The molecule has 0 fully saturated rings. The summed E-state index contributed by atoms with van der Waals surface area (Å²) in [6.07, 6.45) is 0. The molecule has 3 rings (SSSR count). The number of rotatable bonds is 7. The van der Waals surface area contributed by atoms with Gasteiger partial charge < -0.3 is 15.7 Å². The molecule has 158 valence electrons. The molecule has 3 N–H and O–H groups in total. The Hall–Kier alpha value is -3.29. The maximum Gasteiger partial charge on any atom is 0.336 e. The van der Waals surface area contributed by atoms with E-state index in [-0.39, 0.29) is 22.8 Å². The van der Waals surface area contributed by atoms with Crippen LogP contribution in [-0.2, 0) is 4.79 Å². The minimum atomic E-state index is -1.17. The number of halogens is 1. The van der Waals surface area contributed by atoms with Crippen LogP contribution in [0.15, 0.2) is 71.6 Å². The number of amides is 2. The van der Waals surface area contributed by atoms with Gasteiger partial charge in [-0.2, -0.15) is 0 Å². The first-order valence-corrected chi connectivity index (χ1v) is 10.6. The molecule has 31 heavy (non-hydrogen) atoms. The highest BCUT2D eigenvalue weighted by Gasteiger charge is 2.16. The highest BCUT2D eigenvalue weighted by molar-refractivity contribution is 8.00. The molecule has 0 saturated carbocycles. The number of aromatic carboxylic acids is 1. The van der Waals surface area contributed by atoms with Crippen molar-refractivity contribution in [1.82, 2.24) is 0 Å². The van der Waals surface area contributed by atoms with Gasteiger partial charge in [0, 0.05) is 21.3 Å². The van der Waals surface area contributed by atoms with Crippen molar-refractivity contribution < 1.29 is 19.5 Å². The predicted octanol–water partition coefficient (Wildman–Crippen LogP) is 5.33. The van der Waals surface area contributed by atoms with Crippen molar-refractivity contribution in [2.45, 2.75) is 11.8 Å². The summed E-state index contributed by atoms with van der Waals surface area (Å²) in [5, 5.41) is 15.3. The number of thioether (sulfide) groups is 1. The molecule has 0 radical (unpaired) electrons. The van der Waals surface area contributed by atoms with Crippen molar-refractivity contribution in [3.05, 3.63) is 88.4 Å². The topological polar surface area (TPSA) is 95.5 Å². The summed E-state index contributed by atoms with van der Waals surface area (Å²) in [4.78, 5) is 36.8. The Kier molecular flexibility index (Phi) is 7.33. The molecule has 3 aromatic carbocycles. The number of aryl methyl sites for hydroxylation is 1. The zero-order chi connectivity index (χ0) is 22.4. The van der Waals surface area contributed by atoms with Crippen molar-refractivity contribution in [2.24, 2.45) is 0 Å². The number of carboxylic acids is 1. The second-order valence-electron chi connectivity index (χ2n) is 6.63. The second kappa shape index (κ2) is 10.1. The minimum Gasteiger partial charge on any atom is -0.478 e. The van der Waals surface area contributed by atoms with Gasteiger partial charge in [0.05, 0.1) is 16.9 Å². The Morgan fingerprint density at radius 3 is 2.32 bits per heavy atom. The quantitative estimate of drug-likeness (QED) is 0.419. The molecule has 0 bridgehead atoms. The monoisotopic (exact) mass is 454 g/mol. The fourth-order valence-electron chi connectivity index (χ4n) is 2.75. The molecule has 0 aliphatic carbocycles. The number of carboxylic acid groups (broad SMARTS) is 1. The van der Waals surface area contributed by atoms with E-state index in [2.05, 4.69) is 10.6 Å². The first-order valence-electron chi connectivity index (χ1n) is 9.26. The zero-order valence-corrected chi connectivity index (χ0v) is 18.1. The molecule has 0 heterocycles. The summed E-state index contributed by atoms with van der Waals surface area (Å²) in [5.41, 5.74) is 2.06. The van der Waals surface area contributed by atoms with Crippen LogP contribution in [0.1, 0.15) is 26.3 Å². The van der Waals surface area contributed by atoms with E-state index in [0.717, 1.165) is 10.5 Å². The van der Waals surface area contributed by atoms with Gasteiger partial charge in [-0.05, 0) is 55.0 Å². The van der Waals surface area contributed by atoms with E-state index in [9.17, 15) is 19.5 Å². The number of anilines is 2. The summed E-state index contributed by atoms with van der Waals surface area (Å²) in [6.45, 7) is 1.88. The Morgan fingerprint density at radius 1 is 0.903 bits per heavy atom. The maximum absolute atomic E-state index is 12.5. The molecule has 0 atom stereocenters. The standard InChI is InChI=1S/C23H19ClN2O4S/c1-14-9-10-16(12-20(14)24)25-21(27)13-31-17-6-4-5-15(11-17)26-22(28)18-7-2-3-8-19(18)23(29)30/h2-12H,13H2,1H3,(H,25,27)(H,26,28)(H,29,30). The van der Waals surface area contributed by atoms with Crippen molar-refractivity contribution in [3.8, 4) is 0 Å². The lowest BCUT2D eigenvalue weighted by atomic mass is 10.1. The van der Waals surface area contributed by atoms with Crippen LogP contribution in [0.25, 0.3) is 0 Å². The summed E-state index contributed by atoms with van der Waals surface area (Å²) in [5.74, 6) is -1.70. The minimum absolute atomic E-state index is 0.0709. The van der Waals surface area contributed by atoms with E-state index >= 15 is 0 Å². The molecule has 0 aliphatic rings. The van der Waals surface area contributed by atoms with E-state index in [1.54, 1.807) is 42.5 Å². The van der Waals surface area contributed by atoms with Crippen LogP contribution in [0.4, 0.5) is 11.4 Å². The van der Waals surface area contributed by atoms with Gasteiger partial charge in [0.1, 0.15) is 0 Å². The van der Waals surface area contributed by atoms with Crippen LogP contribution in [-0.4, -0.2) is 28.6 Å². The van der Waals surface area contributed by atoms with Gasteiger partial charge in [-0.25, -0.2) is 4.79 Å². The van der Waals surface area contributed by atoms with Crippen LogP contribution in [0.3, 0.4) is 0 Å². The number of nitrogens with one attached hydrogen (secondary N) is 2. The summed E-state index contributed by atoms with van der Waals surface area (Å²) in [7, 11) is 0. The molecule has 0 saturated heterocycles. The van der Waals surface area contributed by atoms with E-state index in [1.165, 1.54) is 23.9 Å². The Morgan fingerprint density at radius 2 is 1.61 bits per heavy atom. The van der Waals surface area contributed by atoms with Gasteiger partial charge in [0.15, 0.2) is 0 Å². The molecule has 0 unspecified atom stereocenters. The van der Waals surface area contributed by atoms with Crippen LogP contribution in [0, 0.1) is 6.92 Å². The fourth-order valence-corrected chi connectivity index (χ4v) is 3.68. The highest BCUT2D eigenvalue weighted by Crippen LogP contribution is 2.24. The summed E-state index contributed by atoms with van der Waals surface area (Å²) >= 11 is 7.39. The van der Waals surface area contributed by atoms with Crippen LogP contribution in [0.2, 0.25) is 5.02 Å². The molecular weight excluding hydrogens is 436 g/mol. The lowest BCUT2D eigenvalue weighted by Gasteiger charge is -2.10. The molecular formula is C23H19ClN2O4S. The third-order valence-electron chi connectivity index (χ3n) is 4.32. The lowest BCUT2D eigenvalue weighted by molar-refractivity contribution is -0.113. The Labute approximate surface area is 188 Å². The van der Waals surface area contributed by atoms with Crippen molar-refractivity contribution >= 4 is 52.5 Å². The van der Waals surface area contributed by atoms with Gasteiger partial charge >= 0.3 is 5.97 Å². The summed E-state index contributed by atoms with van der Waals surface area (Å²) < 4.78 is 0. The highest BCUT2D eigenvalue weighted by atomic mass is 35.5.